The maximum absolute atomic E-state index is 10.7. The Hall–Kier alpha value is -2.12. The Morgan fingerprint density at radius 2 is 1.25 bits per heavy atom. The molecule has 90 valence electrons. The number of primary amides is 1. The van der Waals surface area contributed by atoms with Crippen molar-refractivity contribution in [3.8, 4) is 0 Å². The molecule has 1 amide bonds. The number of aliphatic carboxylic acids is 3. The largest absolute Gasteiger partial charge is 0.481 e. The van der Waals surface area contributed by atoms with Crippen LogP contribution in [0.3, 0.4) is 0 Å². The first kappa shape index (κ1) is 13.9. The second-order valence-corrected chi connectivity index (χ2v) is 3.16. The fourth-order valence-electron chi connectivity index (χ4n) is 1.21. The summed E-state index contributed by atoms with van der Waals surface area (Å²) in [5.41, 5.74) is 4.76. The first-order chi connectivity index (χ1) is 7.25. The molecular weight excluding hydrogens is 222 g/mol. The summed E-state index contributed by atoms with van der Waals surface area (Å²) in [6.45, 7) is 0. The summed E-state index contributed by atoms with van der Waals surface area (Å²) in [6.07, 6.45) is -1.58. The molecule has 0 aromatic heterocycles. The minimum atomic E-state index is -1.68. The number of rotatable bonds is 7. The van der Waals surface area contributed by atoms with Crippen LogP contribution in [0.1, 0.15) is 12.8 Å². The molecule has 0 rings (SSSR count). The molecule has 0 fully saturated rings. The number of hydrogen-bond donors (Lipinski definition) is 4. The lowest BCUT2D eigenvalue weighted by Crippen LogP contribution is -2.34. The van der Waals surface area contributed by atoms with Crippen LogP contribution in [-0.4, -0.2) is 39.1 Å². The predicted molar refractivity (Wildman–Crippen MR) is 48.3 cm³/mol. The van der Waals surface area contributed by atoms with Crippen molar-refractivity contribution < 1.29 is 34.5 Å². The van der Waals surface area contributed by atoms with E-state index < -0.39 is 48.5 Å². The van der Waals surface area contributed by atoms with Gasteiger partial charge in [-0.15, -0.1) is 0 Å². The molecule has 0 radical (unpaired) electrons. The van der Waals surface area contributed by atoms with Gasteiger partial charge in [-0.2, -0.15) is 0 Å². The Morgan fingerprint density at radius 3 is 1.50 bits per heavy atom. The van der Waals surface area contributed by atoms with E-state index in [0.29, 0.717) is 0 Å². The lowest BCUT2D eigenvalue weighted by Gasteiger charge is -2.17. The van der Waals surface area contributed by atoms with Crippen LogP contribution in [0.15, 0.2) is 0 Å². The highest BCUT2D eigenvalue weighted by atomic mass is 16.4. The zero-order valence-electron chi connectivity index (χ0n) is 8.12. The van der Waals surface area contributed by atoms with Crippen LogP contribution < -0.4 is 5.73 Å². The van der Waals surface area contributed by atoms with Gasteiger partial charge in [0.15, 0.2) is 0 Å². The summed E-state index contributed by atoms with van der Waals surface area (Å²) in [5.74, 6) is -8.91. The molecule has 8 nitrogen and oxygen atoms in total. The summed E-state index contributed by atoms with van der Waals surface area (Å²) >= 11 is 0. The average molecular weight is 233 g/mol. The van der Waals surface area contributed by atoms with Crippen molar-refractivity contribution >= 4 is 23.8 Å². The fourth-order valence-corrected chi connectivity index (χ4v) is 1.21. The van der Waals surface area contributed by atoms with Gasteiger partial charge in [0.2, 0.25) is 5.91 Å². The van der Waals surface area contributed by atoms with Crippen LogP contribution in [-0.2, 0) is 19.2 Å². The summed E-state index contributed by atoms with van der Waals surface area (Å²) in [6, 6.07) is 0. The highest BCUT2D eigenvalue weighted by Gasteiger charge is 2.36. The Balaban J connectivity index is 4.93. The molecule has 16 heavy (non-hydrogen) atoms. The summed E-state index contributed by atoms with van der Waals surface area (Å²) in [4.78, 5) is 42.3. The Bertz CT molecular complexity index is 292. The maximum atomic E-state index is 10.7. The number of carboxylic acid groups (broad SMARTS) is 3. The minimum absolute atomic E-state index is 0.709. The second-order valence-electron chi connectivity index (χ2n) is 3.16. The topological polar surface area (TPSA) is 155 Å². The third-order valence-corrected chi connectivity index (χ3v) is 1.94. The molecule has 0 aliphatic heterocycles. The van der Waals surface area contributed by atoms with Gasteiger partial charge in [-0.1, -0.05) is 0 Å². The van der Waals surface area contributed by atoms with E-state index in [9.17, 15) is 19.2 Å². The summed E-state index contributed by atoms with van der Waals surface area (Å²) < 4.78 is 0. The lowest BCUT2D eigenvalue weighted by molar-refractivity contribution is -0.158. The third kappa shape index (κ3) is 4.40. The molecule has 0 saturated carbocycles. The van der Waals surface area contributed by atoms with Crippen molar-refractivity contribution in [3.05, 3.63) is 0 Å². The SMILES string of the molecule is NC(=O)CC(C(=O)O)C(CC(=O)O)C(=O)O. The number of carboxylic acids is 3. The minimum Gasteiger partial charge on any atom is -0.481 e. The van der Waals surface area contributed by atoms with Crippen LogP contribution in [0.25, 0.3) is 0 Å². The maximum Gasteiger partial charge on any atom is 0.307 e. The Morgan fingerprint density at radius 1 is 0.875 bits per heavy atom. The van der Waals surface area contributed by atoms with E-state index in [1.807, 2.05) is 0 Å². The highest BCUT2D eigenvalue weighted by molar-refractivity contribution is 5.87. The van der Waals surface area contributed by atoms with Gasteiger partial charge in [-0.3, -0.25) is 19.2 Å². The molecule has 0 aromatic rings. The Kier molecular flexibility index (Phi) is 4.93. The van der Waals surface area contributed by atoms with Gasteiger partial charge in [0, 0.05) is 6.42 Å². The molecule has 0 aliphatic rings. The van der Waals surface area contributed by atoms with Crippen LogP contribution in [0.2, 0.25) is 0 Å². The third-order valence-electron chi connectivity index (χ3n) is 1.94. The van der Waals surface area contributed by atoms with E-state index in [1.165, 1.54) is 0 Å². The molecule has 8 heteroatoms. The van der Waals surface area contributed by atoms with E-state index >= 15 is 0 Å². The van der Waals surface area contributed by atoms with Crippen molar-refractivity contribution in [1.29, 1.82) is 0 Å². The first-order valence-electron chi connectivity index (χ1n) is 4.21. The van der Waals surface area contributed by atoms with Crippen molar-refractivity contribution in [2.24, 2.45) is 17.6 Å². The number of amides is 1. The highest BCUT2D eigenvalue weighted by Crippen LogP contribution is 2.20. The normalized spacial score (nSPS) is 13.8. The van der Waals surface area contributed by atoms with Crippen LogP contribution in [0.4, 0.5) is 0 Å². The zero-order valence-corrected chi connectivity index (χ0v) is 8.12. The molecule has 0 heterocycles. The molecule has 0 spiro atoms. The number of carbonyl (C=O) groups excluding carboxylic acids is 1. The molecular formula is C8H11NO7. The van der Waals surface area contributed by atoms with Crippen LogP contribution in [0.5, 0.6) is 0 Å². The van der Waals surface area contributed by atoms with Crippen molar-refractivity contribution in [2.75, 3.05) is 0 Å². The van der Waals surface area contributed by atoms with E-state index in [-0.39, 0.29) is 0 Å². The molecule has 0 aromatic carbocycles. The smallest absolute Gasteiger partial charge is 0.307 e. The van der Waals surface area contributed by atoms with Gasteiger partial charge in [-0.25, -0.2) is 0 Å². The van der Waals surface area contributed by atoms with Gasteiger partial charge in [-0.05, 0) is 0 Å². The predicted octanol–water partition coefficient (Wildman–Crippen LogP) is -1.26. The Labute approximate surface area is 89.7 Å². The first-order valence-corrected chi connectivity index (χ1v) is 4.21. The molecule has 2 atom stereocenters. The van der Waals surface area contributed by atoms with E-state index in [2.05, 4.69) is 0 Å². The number of carbonyl (C=O) groups is 4. The standard InChI is InChI=1S/C8H11NO7/c9-5(10)1-3(7(13)14)4(8(15)16)2-6(11)12/h3-4H,1-2H2,(H2,9,10)(H,11,12)(H,13,14)(H,15,16). The van der Waals surface area contributed by atoms with Gasteiger partial charge in [0.1, 0.15) is 0 Å². The summed E-state index contributed by atoms with van der Waals surface area (Å²) in [5, 5.41) is 25.8. The molecule has 2 unspecified atom stereocenters. The second kappa shape index (κ2) is 5.69. The summed E-state index contributed by atoms with van der Waals surface area (Å²) in [7, 11) is 0. The van der Waals surface area contributed by atoms with Crippen molar-refractivity contribution in [3.63, 3.8) is 0 Å². The monoisotopic (exact) mass is 233 g/mol. The van der Waals surface area contributed by atoms with Crippen LogP contribution >= 0.6 is 0 Å². The fraction of sp³-hybridized carbons (Fsp3) is 0.500. The van der Waals surface area contributed by atoms with Gasteiger partial charge in [0.25, 0.3) is 0 Å². The molecule has 0 aliphatic carbocycles. The molecule has 5 N–H and O–H groups in total. The quantitative estimate of drug-likeness (QED) is 0.427. The zero-order chi connectivity index (χ0) is 12.9. The van der Waals surface area contributed by atoms with Gasteiger partial charge < -0.3 is 21.1 Å². The van der Waals surface area contributed by atoms with Gasteiger partial charge >= 0.3 is 17.9 Å². The van der Waals surface area contributed by atoms with Crippen molar-refractivity contribution in [2.45, 2.75) is 12.8 Å². The molecule has 0 bridgehead atoms. The number of nitrogens with two attached hydrogens (primary N) is 1. The van der Waals surface area contributed by atoms with Gasteiger partial charge in [0.05, 0.1) is 18.3 Å². The number of hydrogen-bond acceptors (Lipinski definition) is 4. The van der Waals surface area contributed by atoms with Crippen LogP contribution in [0, 0.1) is 11.8 Å². The average Bonchev–Trinajstić information content (AvgIpc) is 2.09. The molecule has 0 saturated heterocycles. The van der Waals surface area contributed by atoms with E-state index in [1.54, 1.807) is 0 Å². The lowest BCUT2D eigenvalue weighted by atomic mass is 9.87. The van der Waals surface area contributed by atoms with E-state index in [0.717, 1.165) is 0 Å². The van der Waals surface area contributed by atoms with Crippen molar-refractivity contribution in [1.82, 2.24) is 0 Å². The van der Waals surface area contributed by atoms with E-state index in [4.69, 9.17) is 21.1 Å².